The maximum atomic E-state index is 12.7. The van der Waals surface area contributed by atoms with Crippen molar-refractivity contribution in [3.05, 3.63) is 42.0 Å². The van der Waals surface area contributed by atoms with Crippen LogP contribution >= 0.6 is 0 Å². The van der Waals surface area contributed by atoms with Crippen molar-refractivity contribution in [1.82, 2.24) is 0 Å². The fraction of sp³-hybridized carbons (Fsp3) is 0.400. The Morgan fingerprint density at radius 3 is 2.39 bits per heavy atom. The number of rotatable bonds is 10. The molecule has 1 amide bonds. The van der Waals surface area contributed by atoms with Crippen molar-refractivity contribution in [1.29, 1.82) is 0 Å². The van der Waals surface area contributed by atoms with Crippen LogP contribution in [-0.4, -0.2) is 59.6 Å². The lowest BCUT2D eigenvalue weighted by molar-refractivity contribution is -0.111. The van der Waals surface area contributed by atoms with Gasteiger partial charge >= 0.3 is 0 Å². The van der Waals surface area contributed by atoms with Crippen molar-refractivity contribution in [2.24, 2.45) is 0 Å². The van der Waals surface area contributed by atoms with Gasteiger partial charge in [0.15, 0.2) is 0 Å². The van der Waals surface area contributed by atoms with Gasteiger partial charge in [0, 0.05) is 42.9 Å². The Labute approximate surface area is 195 Å². The molecule has 1 heterocycles. The molecule has 178 valence electrons. The van der Waals surface area contributed by atoms with Crippen LogP contribution in [0.3, 0.4) is 0 Å². The zero-order valence-corrected chi connectivity index (χ0v) is 19.7. The molecule has 0 bridgehead atoms. The Balaban J connectivity index is 1.84. The summed E-state index contributed by atoms with van der Waals surface area (Å²) >= 11 is 0. The van der Waals surface area contributed by atoms with Crippen LogP contribution in [-0.2, 0) is 9.53 Å². The van der Waals surface area contributed by atoms with Crippen LogP contribution in [0.1, 0.15) is 19.4 Å². The van der Waals surface area contributed by atoms with Gasteiger partial charge in [0.25, 0.3) is 0 Å². The molecule has 0 aliphatic carbocycles. The molecule has 1 aliphatic rings. The summed E-state index contributed by atoms with van der Waals surface area (Å²) in [6.07, 6.45) is 3.15. The van der Waals surface area contributed by atoms with Crippen molar-refractivity contribution in [2.45, 2.75) is 13.8 Å². The van der Waals surface area contributed by atoms with E-state index < -0.39 is 0 Å². The maximum Gasteiger partial charge on any atom is 0.248 e. The van der Waals surface area contributed by atoms with Gasteiger partial charge in [-0.3, -0.25) is 4.79 Å². The number of nitrogens with one attached hydrogen (secondary N) is 1. The second-order valence-corrected chi connectivity index (χ2v) is 7.21. The summed E-state index contributed by atoms with van der Waals surface area (Å²) in [4.78, 5) is 14.9. The summed E-state index contributed by atoms with van der Waals surface area (Å²) < 4.78 is 27.8. The largest absolute Gasteiger partial charge is 0.497 e. The number of morpholine rings is 1. The standard InChI is InChI=1S/C25H32N2O6/c1-5-32-23-17-21(27-11-13-31-14-12-27)24(33-6-2)16-20(23)26-25(28)10-8-18-7-9-19(29-3)15-22(18)30-4/h7-10,15-17H,5-6,11-14H2,1-4H3,(H,26,28)/b10-8+. The molecule has 1 aliphatic heterocycles. The van der Waals surface area contributed by atoms with Gasteiger partial charge in [-0.15, -0.1) is 0 Å². The zero-order chi connectivity index (χ0) is 23.6. The monoisotopic (exact) mass is 456 g/mol. The van der Waals surface area contributed by atoms with Gasteiger partial charge in [-0.25, -0.2) is 0 Å². The highest BCUT2D eigenvalue weighted by atomic mass is 16.5. The van der Waals surface area contributed by atoms with Crippen LogP contribution in [0.2, 0.25) is 0 Å². The van der Waals surface area contributed by atoms with E-state index in [1.165, 1.54) is 6.08 Å². The second kappa shape index (κ2) is 12.0. The molecule has 2 aromatic rings. The van der Waals surface area contributed by atoms with Crippen LogP contribution in [0.15, 0.2) is 36.4 Å². The summed E-state index contributed by atoms with van der Waals surface area (Å²) in [5.74, 6) is 2.28. The molecule has 8 nitrogen and oxygen atoms in total. The molecule has 0 atom stereocenters. The summed E-state index contributed by atoms with van der Waals surface area (Å²) in [6, 6.07) is 9.15. The quantitative estimate of drug-likeness (QED) is 0.542. The molecule has 0 spiro atoms. The van der Waals surface area contributed by atoms with Gasteiger partial charge < -0.3 is 33.9 Å². The second-order valence-electron chi connectivity index (χ2n) is 7.21. The summed E-state index contributed by atoms with van der Waals surface area (Å²) in [7, 11) is 3.17. The number of carbonyl (C=O) groups is 1. The normalized spacial score (nSPS) is 13.6. The highest BCUT2D eigenvalue weighted by molar-refractivity contribution is 6.03. The van der Waals surface area contributed by atoms with Crippen LogP contribution in [0.5, 0.6) is 23.0 Å². The number of methoxy groups -OCH3 is 2. The van der Waals surface area contributed by atoms with E-state index in [2.05, 4.69) is 10.2 Å². The van der Waals surface area contributed by atoms with Gasteiger partial charge in [0.2, 0.25) is 5.91 Å². The molecule has 0 aromatic heterocycles. The van der Waals surface area contributed by atoms with Crippen LogP contribution in [0.4, 0.5) is 11.4 Å². The summed E-state index contributed by atoms with van der Waals surface area (Å²) in [6.45, 7) is 7.68. The average Bonchev–Trinajstić information content (AvgIpc) is 2.84. The Morgan fingerprint density at radius 1 is 1.00 bits per heavy atom. The number of ether oxygens (including phenoxy) is 5. The lowest BCUT2D eigenvalue weighted by Gasteiger charge is -2.31. The Hall–Kier alpha value is -3.39. The SMILES string of the molecule is CCOc1cc(N2CCOCC2)c(OCC)cc1NC(=O)/C=C/c1ccc(OC)cc1OC. The fourth-order valence-corrected chi connectivity index (χ4v) is 3.54. The Kier molecular flexibility index (Phi) is 8.83. The van der Waals surface area contributed by atoms with E-state index in [9.17, 15) is 4.79 Å². The van der Waals surface area contributed by atoms with E-state index in [4.69, 9.17) is 23.7 Å². The predicted octanol–water partition coefficient (Wildman–Crippen LogP) is 3.99. The minimum absolute atomic E-state index is 0.296. The number of carbonyl (C=O) groups excluding carboxylic acids is 1. The molecule has 1 N–H and O–H groups in total. The molecule has 8 heteroatoms. The third-order valence-corrected chi connectivity index (χ3v) is 5.13. The van der Waals surface area contributed by atoms with E-state index >= 15 is 0 Å². The van der Waals surface area contributed by atoms with E-state index in [1.54, 1.807) is 26.4 Å². The van der Waals surface area contributed by atoms with Gasteiger partial charge in [0.1, 0.15) is 23.0 Å². The smallest absolute Gasteiger partial charge is 0.248 e. The van der Waals surface area contributed by atoms with Crippen molar-refractivity contribution in [3.8, 4) is 23.0 Å². The first-order chi connectivity index (χ1) is 16.1. The van der Waals surface area contributed by atoms with Crippen molar-refractivity contribution in [2.75, 3.05) is 64.0 Å². The van der Waals surface area contributed by atoms with Crippen molar-refractivity contribution in [3.63, 3.8) is 0 Å². The Bertz CT molecular complexity index is 970. The van der Waals surface area contributed by atoms with Crippen LogP contribution in [0, 0.1) is 0 Å². The summed E-state index contributed by atoms with van der Waals surface area (Å²) in [5, 5.41) is 2.92. The molecule has 0 saturated carbocycles. The molecular formula is C25H32N2O6. The number of hydrogen-bond donors (Lipinski definition) is 1. The van der Waals surface area contributed by atoms with Crippen LogP contribution < -0.4 is 29.2 Å². The van der Waals surface area contributed by atoms with Crippen LogP contribution in [0.25, 0.3) is 6.08 Å². The van der Waals surface area contributed by atoms with E-state index in [0.717, 1.165) is 24.3 Å². The number of nitrogens with zero attached hydrogens (tertiary/aromatic N) is 1. The first-order valence-electron chi connectivity index (χ1n) is 11.1. The van der Waals surface area contributed by atoms with E-state index in [1.807, 2.05) is 38.1 Å². The number of anilines is 2. The zero-order valence-electron chi connectivity index (χ0n) is 19.7. The highest BCUT2D eigenvalue weighted by Gasteiger charge is 2.20. The number of benzene rings is 2. The van der Waals surface area contributed by atoms with Gasteiger partial charge in [0.05, 0.1) is 52.0 Å². The minimum Gasteiger partial charge on any atom is -0.497 e. The molecule has 0 unspecified atom stereocenters. The average molecular weight is 457 g/mol. The van der Waals surface area contributed by atoms with Gasteiger partial charge in [-0.05, 0) is 32.1 Å². The molecular weight excluding hydrogens is 424 g/mol. The number of hydrogen-bond acceptors (Lipinski definition) is 7. The first-order valence-corrected chi connectivity index (χ1v) is 11.1. The lowest BCUT2D eigenvalue weighted by Crippen LogP contribution is -2.36. The van der Waals surface area contributed by atoms with Crippen molar-refractivity contribution < 1.29 is 28.5 Å². The fourth-order valence-electron chi connectivity index (χ4n) is 3.54. The molecule has 33 heavy (non-hydrogen) atoms. The minimum atomic E-state index is -0.296. The molecule has 1 saturated heterocycles. The van der Waals surface area contributed by atoms with Gasteiger partial charge in [-0.1, -0.05) is 0 Å². The lowest BCUT2D eigenvalue weighted by atomic mass is 10.1. The van der Waals surface area contributed by atoms with Crippen molar-refractivity contribution >= 4 is 23.4 Å². The molecule has 3 rings (SSSR count). The molecule has 0 radical (unpaired) electrons. The Morgan fingerprint density at radius 2 is 1.73 bits per heavy atom. The summed E-state index contributed by atoms with van der Waals surface area (Å²) in [5.41, 5.74) is 2.24. The topological polar surface area (TPSA) is 78.5 Å². The predicted molar refractivity (Wildman–Crippen MR) is 129 cm³/mol. The van der Waals surface area contributed by atoms with Gasteiger partial charge in [-0.2, -0.15) is 0 Å². The highest BCUT2D eigenvalue weighted by Crippen LogP contribution is 2.39. The van der Waals surface area contributed by atoms with E-state index in [-0.39, 0.29) is 5.91 Å². The third-order valence-electron chi connectivity index (χ3n) is 5.13. The number of amides is 1. The first kappa shape index (κ1) is 24.3. The van der Waals surface area contributed by atoms with E-state index in [0.29, 0.717) is 55.1 Å². The molecule has 2 aromatic carbocycles. The molecule has 1 fully saturated rings. The maximum absolute atomic E-state index is 12.7. The third kappa shape index (κ3) is 6.32.